The van der Waals surface area contributed by atoms with Gasteiger partial charge in [-0.2, -0.15) is 16.8 Å². The second-order valence-corrected chi connectivity index (χ2v) is 15.9. The largest absolute Gasteiger partial charge is 0.744 e. The Morgan fingerprint density at radius 3 is 1.81 bits per heavy atom. The highest BCUT2D eigenvalue weighted by atomic mass is 32.2. The molecule has 52 heavy (non-hydrogen) atoms. The van der Waals surface area contributed by atoms with Crippen LogP contribution in [0.4, 0.5) is 5.69 Å². The summed E-state index contributed by atoms with van der Waals surface area (Å²) in [5.74, 6) is 0. The Morgan fingerprint density at radius 1 is 0.712 bits per heavy atom. The number of nitrogens with zero attached hydrogens (tertiary/aromatic N) is 2. The number of quaternary nitrogens is 1. The Labute approximate surface area is 304 Å². The minimum Gasteiger partial charge on any atom is -0.744 e. The van der Waals surface area contributed by atoms with E-state index in [9.17, 15) is 38.9 Å². The molecule has 4 aromatic rings. The van der Waals surface area contributed by atoms with Gasteiger partial charge in [0.05, 0.1) is 14.7 Å². The number of rotatable bonds is 12. The van der Waals surface area contributed by atoms with Gasteiger partial charge >= 0.3 is 0 Å². The molecule has 0 saturated heterocycles. The highest BCUT2D eigenvalue weighted by molar-refractivity contribution is 7.86. The van der Waals surface area contributed by atoms with E-state index in [0.717, 1.165) is 11.4 Å². The number of hydrogen-bond acceptors (Lipinski definition) is 8. The van der Waals surface area contributed by atoms with Crippen molar-refractivity contribution < 1.29 is 43.5 Å². The number of allylic oxidation sites excluding steroid dienone is 5. The average molecular weight is 767 g/mol. The van der Waals surface area contributed by atoms with Gasteiger partial charge in [-0.15, -0.1) is 0 Å². The van der Waals surface area contributed by atoms with Crippen LogP contribution in [-0.2, 0) is 43.4 Å². The van der Waals surface area contributed by atoms with E-state index in [0.29, 0.717) is 54.0 Å². The Balaban J connectivity index is 0.00000605. The molecule has 0 amide bonds. The van der Waals surface area contributed by atoms with Crippen LogP contribution in [0.3, 0.4) is 0 Å². The van der Waals surface area contributed by atoms with Crippen LogP contribution in [0.25, 0.3) is 5.57 Å². The minimum absolute atomic E-state index is 0. The molecule has 0 radical (unpaired) electrons. The van der Waals surface area contributed by atoms with Gasteiger partial charge in [-0.3, -0.25) is 9.11 Å². The molecular formula is C37H40N3O9S3+. The fourth-order valence-corrected chi connectivity index (χ4v) is 7.65. The van der Waals surface area contributed by atoms with Crippen LogP contribution >= 0.6 is 0 Å². The third kappa shape index (κ3) is 9.57. The van der Waals surface area contributed by atoms with Crippen molar-refractivity contribution >= 4 is 47.3 Å². The van der Waals surface area contributed by atoms with Gasteiger partial charge in [-0.25, -0.2) is 13.0 Å². The van der Waals surface area contributed by atoms with E-state index in [2.05, 4.69) is 0 Å². The summed E-state index contributed by atoms with van der Waals surface area (Å²) in [6.45, 7) is 5.72. The lowest BCUT2D eigenvalue weighted by Crippen LogP contribution is -2.22. The summed E-state index contributed by atoms with van der Waals surface area (Å²) < 4.78 is 105. The van der Waals surface area contributed by atoms with Crippen LogP contribution in [-0.4, -0.2) is 62.3 Å². The lowest BCUT2D eigenvalue weighted by Gasteiger charge is -2.24. The molecule has 0 aliphatic heterocycles. The van der Waals surface area contributed by atoms with Crippen LogP contribution < -0.4 is 11.1 Å². The summed E-state index contributed by atoms with van der Waals surface area (Å²) in [4.78, 5) is 1.24. The zero-order valence-electron chi connectivity index (χ0n) is 28.7. The summed E-state index contributed by atoms with van der Waals surface area (Å²) in [5, 5.41) is 0. The summed E-state index contributed by atoms with van der Waals surface area (Å²) in [7, 11) is -13.6. The standard InChI is InChI=1S/C37H36N2O9S3.H3N/c1-3-38(25-27-9-7-11-33(23-27)49(40,41)42)31-19-15-29(16-20-31)37(35-13-5-6-14-36(35)51(46,47)48)30-17-21-32(22-18-30)39(4-2)26-28-10-8-12-34(24-28)50(43,44)45;/h5-24H,3-4,25-26H2,1-2H3,(H2-,40,41,42,43,44,45,46,47,48);1H3/p+1. The molecule has 4 aromatic carbocycles. The van der Waals surface area contributed by atoms with E-state index in [4.69, 9.17) is 0 Å². The van der Waals surface area contributed by atoms with Crippen molar-refractivity contribution in [1.82, 2.24) is 6.15 Å². The molecule has 0 atom stereocenters. The lowest BCUT2D eigenvalue weighted by molar-refractivity contribution is -0.539. The fourth-order valence-electron chi connectivity index (χ4n) is 5.87. The van der Waals surface area contributed by atoms with Crippen LogP contribution in [0.5, 0.6) is 0 Å². The smallest absolute Gasteiger partial charge is 0.294 e. The molecule has 1 aliphatic rings. The normalized spacial score (nSPS) is 13.1. The molecule has 1 aliphatic carbocycles. The number of hydrogen-bond donors (Lipinski definition) is 3. The summed E-state index contributed by atoms with van der Waals surface area (Å²) in [6, 6.07) is 25.5. The van der Waals surface area contributed by atoms with E-state index in [-0.39, 0.29) is 26.4 Å². The minimum atomic E-state index is -4.85. The van der Waals surface area contributed by atoms with Crippen molar-refractivity contribution in [3.8, 4) is 0 Å². The van der Waals surface area contributed by atoms with Crippen LogP contribution in [0.15, 0.2) is 142 Å². The Bertz CT molecular complexity index is 2400. The second-order valence-electron chi connectivity index (χ2n) is 11.7. The first kappa shape index (κ1) is 40.0. The van der Waals surface area contributed by atoms with Gasteiger partial charge in [0.1, 0.15) is 16.7 Å². The monoisotopic (exact) mass is 766 g/mol. The molecule has 15 heteroatoms. The summed E-state index contributed by atoms with van der Waals surface area (Å²) in [6.07, 6.45) is 7.36. The highest BCUT2D eigenvalue weighted by Crippen LogP contribution is 2.35. The highest BCUT2D eigenvalue weighted by Gasteiger charge is 2.20. The van der Waals surface area contributed by atoms with Gasteiger partial charge in [0.15, 0.2) is 12.3 Å². The van der Waals surface area contributed by atoms with E-state index < -0.39 is 30.4 Å². The first-order valence-corrected chi connectivity index (χ1v) is 20.1. The molecule has 0 unspecified atom stereocenters. The van der Waals surface area contributed by atoms with Crippen molar-refractivity contribution in [2.45, 2.75) is 41.6 Å². The maximum Gasteiger partial charge on any atom is 0.294 e. The maximum atomic E-state index is 12.4. The van der Waals surface area contributed by atoms with Gasteiger partial charge in [0.2, 0.25) is 0 Å². The molecule has 0 saturated carbocycles. The second kappa shape index (κ2) is 16.3. The molecule has 0 fully saturated rings. The summed E-state index contributed by atoms with van der Waals surface area (Å²) >= 11 is 0. The van der Waals surface area contributed by atoms with Crippen molar-refractivity contribution in [3.63, 3.8) is 0 Å². The first-order chi connectivity index (χ1) is 24.1. The van der Waals surface area contributed by atoms with Gasteiger partial charge in [-0.05, 0) is 90.7 Å². The van der Waals surface area contributed by atoms with Crippen LogP contribution in [0, 0.1) is 0 Å². The maximum absolute atomic E-state index is 12.4. The van der Waals surface area contributed by atoms with E-state index in [1.165, 1.54) is 36.4 Å². The Kier molecular flexibility index (Phi) is 12.5. The van der Waals surface area contributed by atoms with Gasteiger partial charge in [-0.1, -0.05) is 54.6 Å². The van der Waals surface area contributed by atoms with Crippen LogP contribution in [0.1, 0.15) is 36.1 Å². The molecule has 0 aromatic heterocycles. The molecule has 0 spiro atoms. The lowest BCUT2D eigenvalue weighted by atomic mass is 9.90. The van der Waals surface area contributed by atoms with Gasteiger partial charge < -0.3 is 15.6 Å². The van der Waals surface area contributed by atoms with Crippen molar-refractivity contribution in [2.24, 2.45) is 0 Å². The van der Waals surface area contributed by atoms with E-state index >= 15 is 0 Å². The fraction of sp³-hybridized carbons (Fsp3) is 0.162. The van der Waals surface area contributed by atoms with Crippen LogP contribution in [0.2, 0.25) is 0 Å². The summed E-state index contributed by atoms with van der Waals surface area (Å²) in [5.41, 5.74) is 4.97. The zero-order chi connectivity index (χ0) is 37.0. The predicted octanol–water partition coefficient (Wildman–Crippen LogP) is 6.09. The first-order valence-electron chi connectivity index (χ1n) is 15.8. The Morgan fingerprint density at radius 2 is 1.27 bits per heavy atom. The third-order valence-corrected chi connectivity index (χ3v) is 11.0. The van der Waals surface area contributed by atoms with Gasteiger partial charge in [0.25, 0.3) is 20.2 Å². The predicted molar refractivity (Wildman–Crippen MR) is 200 cm³/mol. The van der Waals surface area contributed by atoms with Crippen molar-refractivity contribution in [2.75, 3.05) is 18.0 Å². The SMILES string of the molecule is CCN(Cc1cccc(S(=O)(=O)O)c1)c1ccc(C(=C2C=CC(=[N+](CC)Cc3cccc(S(=O)(=O)O)c3)C=C2)c2ccccc2S(=O)(=O)[O-])cc1.[NH4+]. The Hall–Kier alpha value is -4.74. The quantitative estimate of drug-likeness (QED) is 0.112. The molecule has 0 bridgehead atoms. The topological polar surface area (TPSA) is 209 Å². The molecule has 5 rings (SSSR count). The number of anilines is 1. The zero-order valence-corrected chi connectivity index (χ0v) is 31.2. The average Bonchev–Trinajstić information content (AvgIpc) is 3.10. The van der Waals surface area contributed by atoms with Crippen molar-refractivity contribution in [3.05, 3.63) is 149 Å². The molecule has 6 N–H and O–H groups in total. The molecule has 0 heterocycles. The third-order valence-electron chi connectivity index (χ3n) is 8.37. The molecular weight excluding hydrogens is 727 g/mol. The molecule has 12 nitrogen and oxygen atoms in total. The van der Waals surface area contributed by atoms with E-state index in [1.54, 1.807) is 36.4 Å². The van der Waals surface area contributed by atoms with Crippen molar-refractivity contribution in [1.29, 1.82) is 0 Å². The molecule has 274 valence electrons. The van der Waals surface area contributed by atoms with E-state index in [1.807, 2.05) is 71.9 Å². The number of benzene rings is 4. The van der Waals surface area contributed by atoms with Gasteiger partial charge in [0, 0.05) is 42.1 Å².